The number of nitrogens with zero attached hydrogens (tertiary/aromatic N) is 1. The fraction of sp³-hybridized carbons (Fsp3) is 0.429. The van der Waals surface area contributed by atoms with Crippen molar-refractivity contribution < 1.29 is 19.5 Å². The van der Waals surface area contributed by atoms with Gasteiger partial charge in [-0.15, -0.1) is 0 Å². The van der Waals surface area contributed by atoms with Gasteiger partial charge in [0.1, 0.15) is 18.3 Å². The molecule has 0 spiro atoms. The second-order valence-corrected chi connectivity index (χ2v) is 5.21. The number of hydrogen-bond donors (Lipinski definition) is 2. The van der Waals surface area contributed by atoms with E-state index in [1.807, 2.05) is 6.07 Å². The number of oxime groups is 1. The molecule has 6 heteroatoms. The average Bonchev–Trinajstić information content (AvgIpc) is 2.37. The number of benzene rings is 1. The maximum Gasteiger partial charge on any atom is 0.332 e. The molecule has 0 aliphatic carbocycles. The number of ether oxygens (including phenoxy) is 2. The molecule has 0 amide bonds. The summed E-state index contributed by atoms with van der Waals surface area (Å²) in [4.78, 5) is 11.6. The number of carbonyl (C=O) groups excluding carboxylic acids is 1. The molecule has 0 aliphatic rings. The summed E-state index contributed by atoms with van der Waals surface area (Å²) in [5.74, 6) is -0.635. The number of carbonyl (C=O) groups is 1. The zero-order valence-corrected chi connectivity index (χ0v) is 11.9. The molecule has 1 aromatic carbocycles. The predicted molar refractivity (Wildman–Crippen MR) is 74.4 cm³/mol. The monoisotopic (exact) mass is 280 g/mol. The van der Waals surface area contributed by atoms with Crippen molar-refractivity contribution in [2.24, 2.45) is 10.9 Å². The van der Waals surface area contributed by atoms with Crippen LogP contribution >= 0.6 is 0 Å². The van der Waals surface area contributed by atoms with Crippen molar-refractivity contribution in [3.05, 3.63) is 35.9 Å². The summed E-state index contributed by atoms with van der Waals surface area (Å²) in [6.07, 6.45) is -0.797. The lowest BCUT2D eigenvalue weighted by Gasteiger charge is -2.21. The quantitative estimate of drug-likeness (QED) is 0.282. The highest BCUT2D eigenvalue weighted by Crippen LogP contribution is 2.18. The van der Waals surface area contributed by atoms with Crippen molar-refractivity contribution in [1.29, 1.82) is 0 Å². The Morgan fingerprint density at radius 1 is 1.35 bits per heavy atom. The molecule has 1 rings (SSSR count). The third-order valence-electron chi connectivity index (χ3n) is 2.27. The fourth-order valence-electron chi connectivity index (χ4n) is 1.55. The van der Waals surface area contributed by atoms with Crippen molar-refractivity contribution in [1.82, 2.24) is 0 Å². The van der Waals surface area contributed by atoms with Gasteiger partial charge in [0, 0.05) is 0 Å². The number of rotatable bonds is 5. The summed E-state index contributed by atoms with van der Waals surface area (Å²) in [6.45, 7) is 5.02. The molecule has 0 fully saturated rings. The van der Waals surface area contributed by atoms with Gasteiger partial charge in [0.05, 0.1) is 0 Å². The van der Waals surface area contributed by atoms with Crippen LogP contribution in [0.25, 0.3) is 0 Å². The van der Waals surface area contributed by atoms with Crippen LogP contribution in [0.5, 0.6) is 0 Å². The zero-order valence-electron chi connectivity index (χ0n) is 11.9. The van der Waals surface area contributed by atoms with Gasteiger partial charge in [-0.25, -0.2) is 4.79 Å². The van der Waals surface area contributed by atoms with Gasteiger partial charge in [-0.3, -0.25) is 0 Å². The van der Waals surface area contributed by atoms with Crippen LogP contribution in [0.15, 0.2) is 35.5 Å². The van der Waals surface area contributed by atoms with Crippen molar-refractivity contribution in [2.45, 2.75) is 32.5 Å². The van der Waals surface area contributed by atoms with Gasteiger partial charge >= 0.3 is 5.97 Å². The highest BCUT2D eigenvalue weighted by Gasteiger charge is 2.21. The van der Waals surface area contributed by atoms with Crippen molar-refractivity contribution in [3.63, 3.8) is 0 Å². The Balaban J connectivity index is 2.71. The minimum absolute atomic E-state index is 0.125. The van der Waals surface area contributed by atoms with E-state index in [2.05, 4.69) is 5.16 Å². The standard InChI is InChI=1S/C14H20N2O4/c1-14(2,3)20-11(17)9-19-12(13(15)16-18)10-7-5-4-6-8-10/h4-8,12,18H,9H2,1-3H3,(H2,15,16). The number of amidine groups is 1. The van der Waals surface area contributed by atoms with Gasteiger partial charge in [-0.1, -0.05) is 35.5 Å². The van der Waals surface area contributed by atoms with Crippen LogP contribution in [0.4, 0.5) is 0 Å². The summed E-state index contributed by atoms with van der Waals surface area (Å²) in [5, 5.41) is 11.7. The summed E-state index contributed by atoms with van der Waals surface area (Å²) in [5.41, 5.74) is 5.69. The highest BCUT2D eigenvalue weighted by molar-refractivity contribution is 5.85. The zero-order chi connectivity index (χ0) is 15.2. The van der Waals surface area contributed by atoms with Crippen molar-refractivity contribution in [2.75, 3.05) is 6.61 Å². The van der Waals surface area contributed by atoms with Gasteiger partial charge in [-0.2, -0.15) is 0 Å². The summed E-state index contributed by atoms with van der Waals surface area (Å²) >= 11 is 0. The first-order valence-corrected chi connectivity index (χ1v) is 6.19. The third kappa shape index (κ3) is 5.27. The maximum atomic E-state index is 11.6. The first kappa shape index (κ1) is 16.0. The predicted octanol–water partition coefficient (Wildman–Crippen LogP) is 1.83. The molecule has 3 N–H and O–H groups in total. The van der Waals surface area contributed by atoms with Crippen molar-refractivity contribution in [3.8, 4) is 0 Å². The Bertz CT molecular complexity index is 466. The van der Waals surface area contributed by atoms with Crippen LogP contribution in [0.2, 0.25) is 0 Å². The molecule has 1 atom stereocenters. The molecular formula is C14H20N2O4. The van der Waals surface area contributed by atoms with E-state index in [1.54, 1.807) is 45.0 Å². The Kier molecular flexibility index (Phi) is 5.52. The molecular weight excluding hydrogens is 260 g/mol. The maximum absolute atomic E-state index is 11.6. The molecule has 110 valence electrons. The van der Waals surface area contributed by atoms with Crippen LogP contribution in [-0.4, -0.2) is 29.2 Å². The Morgan fingerprint density at radius 3 is 2.45 bits per heavy atom. The second-order valence-electron chi connectivity index (χ2n) is 5.21. The van der Waals surface area contributed by atoms with E-state index < -0.39 is 17.7 Å². The number of nitrogens with two attached hydrogens (primary N) is 1. The Hall–Kier alpha value is -2.08. The summed E-state index contributed by atoms with van der Waals surface area (Å²) in [7, 11) is 0. The molecule has 0 saturated heterocycles. The van der Waals surface area contributed by atoms with E-state index in [4.69, 9.17) is 20.4 Å². The van der Waals surface area contributed by atoms with Crippen LogP contribution in [-0.2, 0) is 14.3 Å². The van der Waals surface area contributed by atoms with E-state index in [0.717, 1.165) is 0 Å². The molecule has 0 bridgehead atoms. The molecule has 0 saturated carbocycles. The average molecular weight is 280 g/mol. The Labute approximate surface area is 118 Å². The fourth-order valence-corrected chi connectivity index (χ4v) is 1.55. The smallest absolute Gasteiger partial charge is 0.332 e. The lowest BCUT2D eigenvalue weighted by atomic mass is 10.1. The van der Waals surface area contributed by atoms with Crippen LogP contribution in [0, 0.1) is 0 Å². The minimum Gasteiger partial charge on any atom is -0.458 e. The Morgan fingerprint density at radius 2 is 1.95 bits per heavy atom. The molecule has 0 aromatic heterocycles. The van der Waals surface area contributed by atoms with E-state index in [0.29, 0.717) is 5.56 Å². The van der Waals surface area contributed by atoms with Crippen LogP contribution in [0.3, 0.4) is 0 Å². The van der Waals surface area contributed by atoms with E-state index >= 15 is 0 Å². The molecule has 0 radical (unpaired) electrons. The summed E-state index contributed by atoms with van der Waals surface area (Å²) < 4.78 is 10.5. The molecule has 1 unspecified atom stereocenters. The topological polar surface area (TPSA) is 94.1 Å². The van der Waals surface area contributed by atoms with Gasteiger partial charge in [0.25, 0.3) is 0 Å². The SMILES string of the molecule is CC(C)(C)OC(=O)COC(C(N)=NO)c1ccccc1. The second kappa shape index (κ2) is 6.91. The van der Waals surface area contributed by atoms with Gasteiger partial charge in [0.15, 0.2) is 5.84 Å². The first-order valence-electron chi connectivity index (χ1n) is 6.19. The number of esters is 1. The van der Waals surface area contributed by atoms with Crippen LogP contribution < -0.4 is 5.73 Å². The minimum atomic E-state index is -0.797. The number of hydrogen-bond acceptors (Lipinski definition) is 5. The lowest BCUT2D eigenvalue weighted by Crippen LogP contribution is -2.30. The van der Waals surface area contributed by atoms with Gasteiger partial charge < -0.3 is 20.4 Å². The molecule has 20 heavy (non-hydrogen) atoms. The highest BCUT2D eigenvalue weighted by atomic mass is 16.6. The van der Waals surface area contributed by atoms with E-state index in [1.165, 1.54) is 0 Å². The van der Waals surface area contributed by atoms with Gasteiger partial charge in [0.2, 0.25) is 0 Å². The third-order valence-corrected chi connectivity index (χ3v) is 2.27. The van der Waals surface area contributed by atoms with E-state index in [9.17, 15) is 4.79 Å². The summed E-state index contributed by atoms with van der Waals surface area (Å²) in [6, 6.07) is 8.95. The van der Waals surface area contributed by atoms with Crippen molar-refractivity contribution >= 4 is 11.8 Å². The molecule has 6 nitrogen and oxygen atoms in total. The molecule has 0 aliphatic heterocycles. The van der Waals surface area contributed by atoms with Gasteiger partial charge in [-0.05, 0) is 26.3 Å². The van der Waals surface area contributed by atoms with Crippen LogP contribution in [0.1, 0.15) is 32.4 Å². The lowest BCUT2D eigenvalue weighted by molar-refractivity contribution is -0.161. The van der Waals surface area contributed by atoms with E-state index in [-0.39, 0.29) is 12.4 Å². The normalized spacial score (nSPS) is 13.8. The molecule has 1 aromatic rings. The largest absolute Gasteiger partial charge is 0.458 e. The first-order chi connectivity index (χ1) is 9.33. The molecule has 0 heterocycles.